The van der Waals surface area contributed by atoms with Crippen molar-refractivity contribution < 1.29 is 23.8 Å². The standard InChI is InChI=1S/C30H34FN3O4/c1-20-16-34(21(2)18-35)29(36)27-11-7-6-10-26(27)25-9-5-4-8-22(25)19-38-28(20)17-33(3)30(37)32-24-14-12-23(31)13-15-24/h4-15,20-21,28,35H,16-19H2,1-3H3,(H,32,37)/t20-,21-,28-/m1/s1. The normalized spacial score (nSPS) is 18.6. The van der Waals surface area contributed by atoms with Gasteiger partial charge in [-0.2, -0.15) is 0 Å². The fourth-order valence-electron chi connectivity index (χ4n) is 4.66. The van der Waals surface area contributed by atoms with Gasteiger partial charge in [-0.1, -0.05) is 49.4 Å². The van der Waals surface area contributed by atoms with E-state index >= 15 is 0 Å². The van der Waals surface area contributed by atoms with Gasteiger partial charge in [0.15, 0.2) is 0 Å². The molecular weight excluding hydrogens is 485 g/mol. The minimum atomic E-state index is -0.408. The highest BCUT2D eigenvalue weighted by molar-refractivity contribution is 6.01. The first-order chi connectivity index (χ1) is 18.3. The Morgan fingerprint density at radius 1 is 1.08 bits per heavy atom. The summed E-state index contributed by atoms with van der Waals surface area (Å²) in [6, 6.07) is 20.1. The molecule has 0 saturated carbocycles. The highest BCUT2D eigenvalue weighted by atomic mass is 19.1. The molecule has 200 valence electrons. The van der Waals surface area contributed by atoms with Crippen molar-refractivity contribution in [2.75, 3.05) is 32.1 Å². The molecule has 0 fully saturated rings. The number of benzene rings is 3. The van der Waals surface area contributed by atoms with Crippen molar-refractivity contribution >= 4 is 17.6 Å². The fourth-order valence-corrected chi connectivity index (χ4v) is 4.66. The summed E-state index contributed by atoms with van der Waals surface area (Å²) >= 11 is 0. The van der Waals surface area contributed by atoms with Crippen molar-refractivity contribution in [3.05, 3.63) is 89.7 Å². The summed E-state index contributed by atoms with van der Waals surface area (Å²) in [7, 11) is 1.67. The van der Waals surface area contributed by atoms with Crippen molar-refractivity contribution in [2.45, 2.75) is 32.6 Å². The lowest BCUT2D eigenvalue weighted by atomic mass is 9.94. The van der Waals surface area contributed by atoms with Gasteiger partial charge in [-0.15, -0.1) is 0 Å². The third-order valence-corrected chi connectivity index (χ3v) is 6.99. The molecule has 0 unspecified atom stereocenters. The molecule has 8 heteroatoms. The Morgan fingerprint density at radius 2 is 1.71 bits per heavy atom. The number of halogens is 1. The molecule has 4 rings (SSSR count). The van der Waals surface area contributed by atoms with Gasteiger partial charge in [0.05, 0.1) is 25.4 Å². The molecule has 0 spiro atoms. The summed E-state index contributed by atoms with van der Waals surface area (Å²) in [5.41, 5.74) is 3.71. The number of hydrogen-bond donors (Lipinski definition) is 2. The lowest BCUT2D eigenvalue weighted by molar-refractivity contribution is -0.0178. The van der Waals surface area contributed by atoms with E-state index in [1.807, 2.05) is 62.4 Å². The van der Waals surface area contributed by atoms with Crippen molar-refractivity contribution in [2.24, 2.45) is 5.92 Å². The predicted octanol–water partition coefficient (Wildman–Crippen LogP) is 5.01. The van der Waals surface area contributed by atoms with Crippen LogP contribution >= 0.6 is 0 Å². The zero-order valence-corrected chi connectivity index (χ0v) is 21.9. The van der Waals surface area contributed by atoms with Crippen LogP contribution in [0.4, 0.5) is 14.9 Å². The van der Waals surface area contributed by atoms with E-state index in [-0.39, 0.29) is 36.8 Å². The number of carbonyl (C=O) groups is 2. The number of anilines is 1. The van der Waals surface area contributed by atoms with Crippen LogP contribution < -0.4 is 5.32 Å². The summed E-state index contributed by atoms with van der Waals surface area (Å²) in [6.45, 7) is 4.52. The molecule has 0 aromatic heterocycles. The van der Waals surface area contributed by atoms with Gasteiger partial charge >= 0.3 is 6.03 Å². The van der Waals surface area contributed by atoms with Crippen LogP contribution in [0.1, 0.15) is 29.8 Å². The van der Waals surface area contributed by atoms with Crippen LogP contribution in [0.25, 0.3) is 11.1 Å². The molecule has 1 aliphatic rings. The van der Waals surface area contributed by atoms with Gasteiger partial charge in [-0.05, 0) is 53.9 Å². The largest absolute Gasteiger partial charge is 0.394 e. The SMILES string of the molecule is C[C@@H]1CN([C@H](C)CO)C(=O)c2ccccc2-c2ccccc2CO[C@@H]1CN(C)C(=O)Nc1ccc(F)cc1. The second-order valence-corrected chi connectivity index (χ2v) is 9.84. The Hall–Kier alpha value is -3.75. The number of aliphatic hydroxyl groups is 1. The van der Waals surface area contributed by atoms with Gasteiger partial charge in [-0.3, -0.25) is 4.79 Å². The Morgan fingerprint density at radius 3 is 2.39 bits per heavy atom. The summed E-state index contributed by atoms with van der Waals surface area (Å²) in [4.78, 5) is 30.0. The molecule has 2 N–H and O–H groups in total. The zero-order valence-electron chi connectivity index (χ0n) is 21.9. The van der Waals surface area contributed by atoms with Gasteiger partial charge in [0, 0.05) is 37.3 Å². The maximum Gasteiger partial charge on any atom is 0.321 e. The number of fused-ring (bicyclic) bond motifs is 3. The van der Waals surface area contributed by atoms with E-state index in [4.69, 9.17) is 4.74 Å². The molecule has 3 aromatic rings. The van der Waals surface area contributed by atoms with Crippen LogP contribution in [-0.2, 0) is 11.3 Å². The third-order valence-electron chi connectivity index (χ3n) is 6.99. The number of rotatable bonds is 5. The molecule has 1 heterocycles. The number of urea groups is 1. The number of likely N-dealkylation sites (N-methyl/N-ethyl adjacent to an activating group) is 1. The third kappa shape index (κ3) is 6.20. The van der Waals surface area contributed by atoms with E-state index in [0.717, 1.165) is 16.7 Å². The predicted molar refractivity (Wildman–Crippen MR) is 145 cm³/mol. The molecule has 0 bridgehead atoms. The van der Waals surface area contributed by atoms with Crippen LogP contribution in [-0.4, -0.2) is 65.7 Å². The monoisotopic (exact) mass is 519 g/mol. The second-order valence-electron chi connectivity index (χ2n) is 9.84. The van der Waals surface area contributed by atoms with E-state index in [0.29, 0.717) is 24.4 Å². The van der Waals surface area contributed by atoms with Crippen LogP contribution in [0, 0.1) is 11.7 Å². The van der Waals surface area contributed by atoms with Crippen molar-refractivity contribution in [1.29, 1.82) is 0 Å². The molecule has 3 amide bonds. The first-order valence-electron chi connectivity index (χ1n) is 12.8. The fraction of sp³-hybridized carbons (Fsp3) is 0.333. The summed E-state index contributed by atoms with van der Waals surface area (Å²) in [6.07, 6.45) is -0.408. The summed E-state index contributed by atoms with van der Waals surface area (Å²) in [5.74, 6) is -0.701. The molecule has 0 saturated heterocycles. The van der Waals surface area contributed by atoms with Crippen LogP contribution in [0.3, 0.4) is 0 Å². The molecule has 3 aromatic carbocycles. The molecule has 7 nitrogen and oxygen atoms in total. The number of nitrogens with one attached hydrogen (secondary N) is 1. The lowest BCUT2D eigenvalue weighted by Crippen LogP contribution is -2.48. The Labute approximate surface area is 222 Å². The molecule has 3 atom stereocenters. The van der Waals surface area contributed by atoms with Gasteiger partial charge in [0.1, 0.15) is 5.82 Å². The number of ether oxygens (including phenoxy) is 1. The highest BCUT2D eigenvalue weighted by Crippen LogP contribution is 2.31. The van der Waals surface area contributed by atoms with Crippen LogP contribution in [0.5, 0.6) is 0 Å². The van der Waals surface area contributed by atoms with Gasteiger partial charge in [-0.25, -0.2) is 9.18 Å². The summed E-state index contributed by atoms with van der Waals surface area (Å²) < 4.78 is 19.7. The van der Waals surface area contributed by atoms with Gasteiger partial charge in [0.25, 0.3) is 5.91 Å². The number of carbonyl (C=O) groups excluding carboxylic acids is 2. The second kappa shape index (κ2) is 12.2. The molecule has 0 aliphatic carbocycles. The zero-order chi connectivity index (χ0) is 27.2. The van der Waals surface area contributed by atoms with E-state index in [2.05, 4.69) is 5.32 Å². The van der Waals surface area contributed by atoms with Crippen molar-refractivity contribution in [3.8, 4) is 11.1 Å². The molecular formula is C30H34FN3O4. The van der Waals surface area contributed by atoms with Crippen molar-refractivity contribution in [3.63, 3.8) is 0 Å². The van der Waals surface area contributed by atoms with E-state index in [9.17, 15) is 19.1 Å². The summed E-state index contributed by atoms with van der Waals surface area (Å²) in [5, 5.41) is 12.7. The van der Waals surface area contributed by atoms with E-state index < -0.39 is 12.1 Å². The number of amides is 3. The Bertz CT molecular complexity index is 1270. The molecule has 0 radical (unpaired) electrons. The van der Waals surface area contributed by atoms with Crippen LogP contribution in [0.15, 0.2) is 72.8 Å². The first-order valence-corrected chi connectivity index (χ1v) is 12.8. The first kappa shape index (κ1) is 27.3. The minimum absolute atomic E-state index is 0.160. The minimum Gasteiger partial charge on any atom is -0.394 e. The number of nitrogens with zero attached hydrogens (tertiary/aromatic N) is 2. The van der Waals surface area contributed by atoms with Crippen LogP contribution in [0.2, 0.25) is 0 Å². The van der Waals surface area contributed by atoms with E-state index in [1.54, 1.807) is 11.9 Å². The molecule has 1 aliphatic heterocycles. The lowest BCUT2D eigenvalue weighted by Gasteiger charge is -2.35. The maximum atomic E-state index is 13.9. The number of aliphatic hydroxyl groups excluding tert-OH is 1. The Balaban J connectivity index is 1.64. The van der Waals surface area contributed by atoms with Gasteiger partial charge < -0.3 is 25.0 Å². The smallest absolute Gasteiger partial charge is 0.321 e. The average Bonchev–Trinajstić information content (AvgIpc) is 2.95. The van der Waals surface area contributed by atoms with Gasteiger partial charge in [0.2, 0.25) is 0 Å². The van der Waals surface area contributed by atoms with Crippen molar-refractivity contribution in [1.82, 2.24) is 9.80 Å². The molecule has 38 heavy (non-hydrogen) atoms. The maximum absolute atomic E-state index is 13.9. The highest BCUT2D eigenvalue weighted by Gasteiger charge is 2.31. The Kier molecular flexibility index (Phi) is 8.76. The quantitative estimate of drug-likeness (QED) is 0.496. The topological polar surface area (TPSA) is 82.1 Å². The van der Waals surface area contributed by atoms with E-state index in [1.165, 1.54) is 29.2 Å². The average molecular weight is 520 g/mol. The number of hydrogen-bond acceptors (Lipinski definition) is 4.